The van der Waals surface area contributed by atoms with E-state index in [0.29, 0.717) is 11.5 Å². The maximum atomic E-state index is 12.4. The second-order valence-corrected chi connectivity index (χ2v) is 6.14. The lowest BCUT2D eigenvalue weighted by molar-refractivity contribution is -0.147. The molecule has 7 nitrogen and oxygen atoms in total. The molecule has 1 saturated heterocycles. The number of ether oxygens (including phenoxy) is 1. The number of esters is 1. The van der Waals surface area contributed by atoms with Crippen LogP contribution in [0.5, 0.6) is 0 Å². The van der Waals surface area contributed by atoms with Crippen molar-refractivity contribution in [2.45, 2.75) is 31.7 Å². The number of benzene rings is 1. The van der Waals surface area contributed by atoms with Crippen molar-refractivity contribution in [2.75, 3.05) is 20.2 Å². The summed E-state index contributed by atoms with van der Waals surface area (Å²) in [6.45, 7) is 3.25. The Balaban J connectivity index is 1.74. The SMILES string of the molecule is COC(=O)C(c1ccc(C#N)cc1)N1CCC(c2noc(C)n2)CC1. The standard InChI is InChI=1S/C18H20N4O3/c1-12-20-17(21-25-12)15-7-9-22(10-8-15)16(18(23)24-2)14-5-3-13(11-19)4-6-14/h3-6,15-16H,7-10H2,1-2H3. The second kappa shape index (κ2) is 7.45. The molecule has 0 N–H and O–H groups in total. The van der Waals surface area contributed by atoms with Crippen LogP contribution in [-0.4, -0.2) is 41.2 Å². The summed E-state index contributed by atoms with van der Waals surface area (Å²) >= 11 is 0. The largest absolute Gasteiger partial charge is 0.468 e. The van der Waals surface area contributed by atoms with Gasteiger partial charge in [-0.3, -0.25) is 4.90 Å². The van der Waals surface area contributed by atoms with Gasteiger partial charge >= 0.3 is 5.97 Å². The smallest absolute Gasteiger partial charge is 0.327 e. The minimum Gasteiger partial charge on any atom is -0.468 e. The lowest BCUT2D eigenvalue weighted by Crippen LogP contribution is -2.40. The maximum absolute atomic E-state index is 12.4. The first-order valence-corrected chi connectivity index (χ1v) is 8.24. The highest BCUT2D eigenvalue weighted by Crippen LogP contribution is 2.32. The van der Waals surface area contributed by atoms with Crippen LogP contribution < -0.4 is 0 Å². The molecule has 1 aromatic carbocycles. The predicted octanol–water partition coefficient (Wildman–Crippen LogP) is 2.34. The molecule has 25 heavy (non-hydrogen) atoms. The molecular formula is C18H20N4O3. The quantitative estimate of drug-likeness (QED) is 0.789. The van der Waals surface area contributed by atoms with Gasteiger partial charge in [0, 0.05) is 12.8 Å². The van der Waals surface area contributed by atoms with Crippen molar-refractivity contribution < 1.29 is 14.1 Å². The molecule has 0 amide bonds. The van der Waals surface area contributed by atoms with Crippen molar-refractivity contribution in [1.82, 2.24) is 15.0 Å². The van der Waals surface area contributed by atoms with Crippen molar-refractivity contribution in [3.05, 3.63) is 47.1 Å². The average Bonchev–Trinajstić information content (AvgIpc) is 3.09. The summed E-state index contributed by atoms with van der Waals surface area (Å²) in [5.41, 5.74) is 1.40. The van der Waals surface area contributed by atoms with E-state index >= 15 is 0 Å². The predicted molar refractivity (Wildman–Crippen MR) is 88.5 cm³/mol. The molecular weight excluding hydrogens is 320 g/mol. The Labute approximate surface area is 146 Å². The highest BCUT2D eigenvalue weighted by atomic mass is 16.5. The molecule has 1 unspecified atom stereocenters. The fourth-order valence-corrected chi connectivity index (χ4v) is 3.24. The number of hydrogen-bond donors (Lipinski definition) is 0. The van der Waals surface area contributed by atoms with Crippen LogP contribution in [0, 0.1) is 18.3 Å². The molecule has 2 aromatic rings. The Hall–Kier alpha value is -2.72. The van der Waals surface area contributed by atoms with Crippen molar-refractivity contribution >= 4 is 5.97 Å². The van der Waals surface area contributed by atoms with Crippen LogP contribution in [0.3, 0.4) is 0 Å². The number of nitrogens with zero attached hydrogens (tertiary/aromatic N) is 4. The molecule has 2 heterocycles. The van der Waals surface area contributed by atoms with E-state index in [4.69, 9.17) is 14.5 Å². The summed E-state index contributed by atoms with van der Waals surface area (Å²) in [5.74, 6) is 1.26. The summed E-state index contributed by atoms with van der Waals surface area (Å²) in [4.78, 5) is 18.8. The molecule has 0 spiro atoms. The summed E-state index contributed by atoms with van der Waals surface area (Å²) in [7, 11) is 1.40. The van der Waals surface area contributed by atoms with Gasteiger partial charge in [-0.2, -0.15) is 10.2 Å². The number of likely N-dealkylation sites (tertiary alicyclic amines) is 1. The Kier molecular flexibility index (Phi) is 5.10. The minimum absolute atomic E-state index is 0.243. The zero-order valence-corrected chi connectivity index (χ0v) is 14.3. The molecule has 1 aliphatic rings. The number of carbonyl (C=O) groups is 1. The Bertz CT molecular complexity index is 770. The normalized spacial score (nSPS) is 17.0. The van der Waals surface area contributed by atoms with Gasteiger partial charge in [0.15, 0.2) is 5.82 Å². The van der Waals surface area contributed by atoms with Crippen LogP contribution in [0.1, 0.15) is 47.6 Å². The van der Waals surface area contributed by atoms with Crippen molar-refractivity contribution in [3.8, 4) is 6.07 Å². The zero-order chi connectivity index (χ0) is 17.8. The van der Waals surface area contributed by atoms with E-state index in [2.05, 4.69) is 21.1 Å². The van der Waals surface area contributed by atoms with Crippen LogP contribution >= 0.6 is 0 Å². The molecule has 1 aromatic heterocycles. The van der Waals surface area contributed by atoms with Crippen LogP contribution in [-0.2, 0) is 9.53 Å². The average molecular weight is 340 g/mol. The third-order valence-corrected chi connectivity index (χ3v) is 4.58. The monoisotopic (exact) mass is 340 g/mol. The minimum atomic E-state index is -0.467. The van der Waals surface area contributed by atoms with Crippen LogP contribution in [0.4, 0.5) is 0 Å². The van der Waals surface area contributed by atoms with Crippen molar-refractivity contribution in [3.63, 3.8) is 0 Å². The Morgan fingerprint density at radius 2 is 2.04 bits per heavy atom. The number of aryl methyl sites for hydroxylation is 1. The van der Waals surface area contributed by atoms with E-state index in [1.54, 1.807) is 19.1 Å². The molecule has 0 bridgehead atoms. The van der Waals surface area contributed by atoms with Crippen LogP contribution in [0.15, 0.2) is 28.8 Å². The number of aromatic nitrogens is 2. The molecule has 1 aliphatic heterocycles. The first kappa shape index (κ1) is 17.1. The fraction of sp³-hybridized carbons (Fsp3) is 0.444. The van der Waals surface area contributed by atoms with Gasteiger partial charge in [0.05, 0.1) is 18.7 Å². The van der Waals surface area contributed by atoms with Gasteiger partial charge in [-0.1, -0.05) is 17.3 Å². The van der Waals surface area contributed by atoms with Gasteiger partial charge < -0.3 is 9.26 Å². The molecule has 1 fully saturated rings. The number of methoxy groups -OCH3 is 1. The first-order valence-electron chi connectivity index (χ1n) is 8.24. The van der Waals surface area contributed by atoms with Gasteiger partial charge in [-0.05, 0) is 43.6 Å². The van der Waals surface area contributed by atoms with Gasteiger partial charge in [0.25, 0.3) is 0 Å². The third-order valence-electron chi connectivity index (χ3n) is 4.58. The number of hydrogen-bond acceptors (Lipinski definition) is 7. The lowest BCUT2D eigenvalue weighted by Gasteiger charge is -2.35. The van der Waals surface area contributed by atoms with Gasteiger partial charge in [0.2, 0.25) is 5.89 Å². The topological polar surface area (TPSA) is 92.2 Å². The van der Waals surface area contributed by atoms with E-state index in [9.17, 15) is 4.79 Å². The third kappa shape index (κ3) is 3.69. The van der Waals surface area contributed by atoms with E-state index in [0.717, 1.165) is 37.3 Å². The zero-order valence-electron chi connectivity index (χ0n) is 14.3. The van der Waals surface area contributed by atoms with Crippen LogP contribution in [0.2, 0.25) is 0 Å². The van der Waals surface area contributed by atoms with Crippen molar-refractivity contribution in [2.24, 2.45) is 0 Å². The molecule has 3 rings (SSSR count). The summed E-state index contributed by atoms with van der Waals surface area (Å²) in [6.07, 6.45) is 1.70. The highest BCUT2D eigenvalue weighted by Gasteiger charge is 2.33. The van der Waals surface area contributed by atoms with E-state index < -0.39 is 6.04 Å². The highest BCUT2D eigenvalue weighted by molar-refractivity contribution is 5.77. The number of rotatable bonds is 4. The van der Waals surface area contributed by atoms with Gasteiger partial charge in [0.1, 0.15) is 6.04 Å². The van der Waals surface area contributed by atoms with Gasteiger partial charge in [-0.15, -0.1) is 0 Å². The summed E-state index contributed by atoms with van der Waals surface area (Å²) in [6, 6.07) is 8.70. The lowest BCUT2D eigenvalue weighted by atomic mass is 9.93. The molecule has 7 heteroatoms. The molecule has 1 atom stereocenters. The molecule has 0 aliphatic carbocycles. The second-order valence-electron chi connectivity index (χ2n) is 6.14. The number of carbonyl (C=O) groups excluding carboxylic acids is 1. The molecule has 130 valence electrons. The Morgan fingerprint density at radius 3 is 2.56 bits per heavy atom. The maximum Gasteiger partial charge on any atom is 0.327 e. The molecule has 0 saturated carbocycles. The summed E-state index contributed by atoms with van der Waals surface area (Å²) < 4.78 is 10.1. The summed E-state index contributed by atoms with van der Waals surface area (Å²) in [5, 5.41) is 12.9. The number of nitriles is 1. The Morgan fingerprint density at radius 1 is 1.36 bits per heavy atom. The van der Waals surface area contributed by atoms with E-state index in [1.807, 2.05) is 12.1 Å². The van der Waals surface area contributed by atoms with Crippen LogP contribution in [0.25, 0.3) is 0 Å². The van der Waals surface area contributed by atoms with E-state index in [-0.39, 0.29) is 11.9 Å². The molecule has 0 radical (unpaired) electrons. The van der Waals surface area contributed by atoms with Gasteiger partial charge in [-0.25, -0.2) is 4.79 Å². The first-order chi connectivity index (χ1) is 12.1. The number of piperidine rings is 1. The van der Waals surface area contributed by atoms with E-state index in [1.165, 1.54) is 7.11 Å². The fourth-order valence-electron chi connectivity index (χ4n) is 3.24. The van der Waals surface area contributed by atoms with Crippen molar-refractivity contribution in [1.29, 1.82) is 5.26 Å².